The van der Waals surface area contributed by atoms with E-state index in [1.54, 1.807) is 37.3 Å². The number of nitrogens with one attached hydrogen (secondary N) is 2. The molecule has 0 fully saturated rings. The molecule has 0 bridgehead atoms. The van der Waals surface area contributed by atoms with Crippen LogP contribution in [0.2, 0.25) is 0 Å². The molecule has 2 aromatic rings. The third kappa shape index (κ3) is 3.22. The molecule has 0 saturated carbocycles. The average Bonchev–Trinajstić information content (AvgIpc) is 3.02. The molecule has 8 nitrogen and oxygen atoms in total. The normalized spacial score (nSPS) is 13.2. The molecular weight excluding hydrogens is 314 g/mol. The zero-order valence-corrected chi connectivity index (χ0v) is 12.8. The minimum atomic E-state index is -0.606. The van der Waals surface area contributed by atoms with Crippen molar-refractivity contribution in [2.75, 3.05) is 17.4 Å². The molecule has 8 heteroatoms. The molecule has 1 aliphatic heterocycles. The Labute approximate surface area is 137 Å². The van der Waals surface area contributed by atoms with Gasteiger partial charge in [0, 0.05) is 17.8 Å². The van der Waals surface area contributed by atoms with Gasteiger partial charge in [0.15, 0.2) is 11.5 Å². The summed E-state index contributed by atoms with van der Waals surface area (Å²) in [6.45, 7) is 1.83. The number of ether oxygens (including phenoxy) is 2. The second kappa shape index (κ2) is 6.45. The highest BCUT2D eigenvalue weighted by molar-refractivity contribution is 5.98. The molecule has 124 valence electrons. The quantitative estimate of drug-likeness (QED) is 0.646. The van der Waals surface area contributed by atoms with Crippen molar-refractivity contribution in [1.82, 2.24) is 0 Å². The highest BCUT2D eigenvalue weighted by Crippen LogP contribution is 2.34. The zero-order chi connectivity index (χ0) is 17.1. The largest absolute Gasteiger partial charge is 0.454 e. The summed E-state index contributed by atoms with van der Waals surface area (Å²) in [6.07, 6.45) is 0. The number of hydrogen-bond donors (Lipinski definition) is 2. The van der Waals surface area contributed by atoms with Gasteiger partial charge >= 0.3 is 0 Å². The molecule has 1 heterocycles. The van der Waals surface area contributed by atoms with Gasteiger partial charge in [0.1, 0.15) is 11.7 Å². The van der Waals surface area contributed by atoms with Crippen molar-refractivity contribution in [3.8, 4) is 11.5 Å². The molecule has 0 aromatic heterocycles. The van der Waals surface area contributed by atoms with Crippen LogP contribution < -0.4 is 20.1 Å². The number of amides is 1. The molecule has 1 aliphatic rings. The van der Waals surface area contributed by atoms with E-state index in [9.17, 15) is 14.9 Å². The fourth-order valence-corrected chi connectivity index (χ4v) is 2.28. The van der Waals surface area contributed by atoms with Crippen LogP contribution in [0.4, 0.5) is 17.1 Å². The monoisotopic (exact) mass is 329 g/mol. The minimum absolute atomic E-state index is 0.152. The number of fused-ring (bicyclic) bond motifs is 1. The van der Waals surface area contributed by atoms with Crippen molar-refractivity contribution >= 4 is 23.0 Å². The van der Waals surface area contributed by atoms with Gasteiger partial charge in [-0.3, -0.25) is 14.9 Å². The maximum atomic E-state index is 12.3. The lowest BCUT2D eigenvalue weighted by molar-refractivity contribution is -0.383. The first-order chi connectivity index (χ1) is 11.5. The van der Waals surface area contributed by atoms with Gasteiger partial charge in [-0.15, -0.1) is 0 Å². The van der Waals surface area contributed by atoms with E-state index in [0.29, 0.717) is 17.2 Å². The first-order valence-electron chi connectivity index (χ1n) is 7.25. The lowest BCUT2D eigenvalue weighted by Crippen LogP contribution is -2.32. The van der Waals surface area contributed by atoms with E-state index < -0.39 is 11.0 Å². The first kappa shape index (κ1) is 15.6. The first-order valence-corrected chi connectivity index (χ1v) is 7.25. The summed E-state index contributed by atoms with van der Waals surface area (Å²) < 4.78 is 10.5. The number of nitrogens with zero attached hydrogens (tertiary/aromatic N) is 1. The van der Waals surface area contributed by atoms with Crippen molar-refractivity contribution < 1.29 is 19.2 Å². The van der Waals surface area contributed by atoms with Crippen LogP contribution in [-0.2, 0) is 4.79 Å². The third-order valence-electron chi connectivity index (χ3n) is 3.51. The number of anilines is 2. The Hall–Kier alpha value is -3.29. The predicted molar refractivity (Wildman–Crippen MR) is 87.4 cm³/mol. The van der Waals surface area contributed by atoms with E-state index in [1.165, 1.54) is 12.1 Å². The molecule has 0 radical (unpaired) electrons. The van der Waals surface area contributed by atoms with E-state index >= 15 is 0 Å². The second-order valence-electron chi connectivity index (χ2n) is 5.20. The summed E-state index contributed by atoms with van der Waals surface area (Å²) in [5, 5.41) is 16.6. The maximum absolute atomic E-state index is 12.3. The highest BCUT2D eigenvalue weighted by atomic mass is 16.7. The Bertz CT molecular complexity index is 793. The van der Waals surface area contributed by atoms with Crippen LogP contribution in [0.1, 0.15) is 6.92 Å². The molecule has 3 rings (SSSR count). The third-order valence-corrected chi connectivity index (χ3v) is 3.51. The van der Waals surface area contributed by atoms with Crippen LogP contribution >= 0.6 is 0 Å². The van der Waals surface area contributed by atoms with Crippen LogP contribution in [0.5, 0.6) is 11.5 Å². The number of para-hydroxylation sites is 2. The van der Waals surface area contributed by atoms with Crippen molar-refractivity contribution in [3.05, 3.63) is 52.6 Å². The van der Waals surface area contributed by atoms with Crippen molar-refractivity contribution in [1.29, 1.82) is 0 Å². The number of rotatable bonds is 5. The molecule has 0 unspecified atom stereocenters. The summed E-state index contributed by atoms with van der Waals surface area (Å²) in [4.78, 5) is 22.7. The Morgan fingerprint density at radius 2 is 1.96 bits per heavy atom. The van der Waals surface area contributed by atoms with Gasteiger partial charge in [-0.2, -0.15) is 0 Å². The van der Waals surface area contributed by atoms with Gasteiger partial charge in [-0.1, -0.05) is 12.1 Å². The summed E-state index contributed by atoms with van der Waals surface area (Å²) in [7, 11) is 0. The molecule has 0 saturated heterocycles. The maximum Gasteiger partial charge on any atom is 0.292 e. The van der Waals surface area contributed by atoms with Gasteiger partial charge in [0.05, 0.1) is 4.92 Å². The van der Waals surface area contributed by atoms with E-state index in [0.717, 1.165) is 0 Å². The molecular formula is C16H15N3O5. The van der Waals surface area contributed by atoms with E-state index in [4.69, 9.17) is 9.47 Å². The van der Waals surface area contributed by atoms with E-state index in [-0.39, 0.29) is 24.1 Å². The Morgan fingerprint density at radius 3 is 2.75 bits per heavy atom. The van der Waals surface area contributed by atoms with Gasteiger partial charge in [-0.25, -0.2) is 0 Å². The van der Waals surface area contributed by atoms with Crippen LogP contribution in [0, 0.1) is 10.1 Å². The molecule has 2 N–H and O–H groups in total. The van der Waals surface area contributed by atoms with Crippen molar-refractivity contribution in [3.63, 3.8) is 0 Å². The summed E-state index contributed by atoms with van der Waals surface area (Å²) in [6, 6.07) is 10.6. The molecule has 24 heavy (non-hydrogen) atoms. The number of carbonyl (C=O) groups is 1. The number of hydrogen-bond acceptors (Lipinski definition) is 6. The van der Waals surface area contributed by atoms with E-state index in [2.05, 4.69) is 10.6 Å². The summed E-state index contributed by atoms with van der Waals surface area (Å²) in [5.41, 5.74) is 0.692. The topological polar surface area (TPSA) is 103 Å². The van der Waals surface area contributed by atoms with Crippen LogP contribution in [-0.4, -0.2) is 23.7 Å². The Kier molecular flexibility index (Phi) is 4.19. The highest BCUT2D eigenvalue weighted by Gasteiger charge is 2.20. The van der Waals surface area contributed by atoms with Gasteiger partial charge in [0.2, 0.25) is 12.7 Å². The standard InChI is InChI=1S/C16H15N3O5/c1-10(17-11-6-7-14-15(8-11)24-9-23-14)16(20)18-12-4-2-3-5-13(12)19(21)22/h2-8,10,17H,9H2,1H3,(H,18,20)/t10-/m1/s1. The number of carbonyl (C=O) groups excluding carboxylic acids is 1. The van der Waals surface area contributed by atoms with Crippen LogP contribution in [0.25, 0.3) is 0 Å². The van der Waals surface area contributed by atoms with E-state index in [1.807, 2.05) is 0 Å². The van der Waals surface area contributed by atoms with Crippen molar-refractivity contribution in [2.24, 2.45) is 0 Å². The fourth-order valence-electron chi connectivity index (χ4n) is 2.28. The molecule has 0 spiro atoms. The predicted octanol–water partition coefficient (Wildman–Crippen LogP) is 2.76. The van der Waals surface area contributed by atoms with Crippen LogP contribution in [0.15, 0.2) is 42.5 Å². The lowest BCUT2D eigenvalue weighted by atomic mass is 10.2. The summed E-state index contributed by atoms with van der Waals surface area (Å²) in [5.74, 6) is 0.867. The smallest absolute Gasteiger partial charge is 0.292 e. The van der Waals surface area contributed by atoms with Crippen molar-refractivity contribution in [2.45, 2.75) is 13.0 Å². The fraction of sp³-hybridized carbons (Fsp3) is 0.188. The number of nitro groups is 1. The summed E-state index contributed by atoms with van der Waals surface area (Å²) >= 11 is 0. The average molecular weight is 329 g/mol. The lowest BCUT2D eigenvalue weighted by Gasteiger charge is -2.15. The molecule has 1 atom stereocenters. The number of nitro benzene ring substituents is 1. The Morgan fingerprint density at radius 1 is 1.21 bits per heavy atom. The van der Waals surface area contributed by atoms with Gasteiger partial charge < -0.3 is 20.1 Å². The molecule has 0 aliphatic carbocycles. The zero-order valence-electron chi connectivity index (χ0n) is 12.8. The molecule has 2 aromatic carbocycles. The number of benzene rings is 2. The van der Waals surface area contributed by atoms with Gasteiger partial charge in [0.25, 0.3) is 5.69 Å². The van der Waals surface area contributed by atoms with Gasteiger partial charge in [-0.05, 0) is 25.1 Å². The second-order valence-corrected chi connectivity index (χ2v) is 5.20. The molecule has 1 amide bonds. The SMILES string of the molecule is C[C@@H](Nc1ccc2c(c1)OCO2)C(=O)Nc1ccccc1[N+](=O)[O-]. The minimum Gasteiger partial charge on any atom is -0.454 e. The Balaban J connectivity index is 1.68. The van der Waals surface area contributed by atoms with Crippen LogP contribution in [0.3, 0.4) is 0 Å².